The van der Waals surface area contributed by atoms with Crippen LogP contribution in [0.15, 0.2) is 42.7 Å². The number of rotatable bonds is 6. The van der Waals surface area contributed by atoms with E-state index in [4.69, 9.17) is 0 Å². The number of nitrogens with one attached hydrogen (secondary N) is 2. The van der Waals surface area contributed by atoms with Gasteiger partial charge in [0.25, 0.3) is 0 Å². The van der Waals surface area contributed by atoms with E-state index in [-0.39, 0.29) is 12.3 Å². The molecular weight excluding hydrogens is 276 g/mol. The maximum absolute atomic E-state index is 13.0. The van der Waals surface area contributed by atoms with Crippen LogP contribution in [0.2, 0.25) is 0 Å². The molecule has 21 heavy (non-hydrogen) atoms. The van der Waals surface area contributed by atoms with E-state index in [1.165, 1.54) is 6.07 Å². The van der Waals surface area contributed by atoms with Crippen molar-refractivity contribution in [2.45, 2.75) is 13.0 Å². The molecule has 0 saturated heterocycles. The highest BCUT2D eigenvalue weighted by Gasteiger charge is 2.04. The van der Waals surface area contributed by atoms with Gasteiger partial charge in [0.1, 0.15) is 0 Å². The van der Waals surface area contributed by atoms with Crippen LogP contribution in [0.3, 0.4) is 0 Å². The van der Waals surface area contributed by atoms with Gasteiger partial charge in [0.2, 0.25) is 5.91 Å². The average molecular weight is 291 g/mol. The van der Waals surface area contributed by atoms with Crippen LogP contribution in [0, 0.1) is 11.6 Å². The van der Waals surface area contributed by atoms with Crippen molar-refractivity contribution in [3.63, 3.8) is 0 Å². The number of pyridine rings is 1. The van der Waals surface area contributed by atoms with Crippen molar-refractivity contribution in [1.29, 1.82) is 0 Å². The van der Waals surface area contributed by atoms with Crippen molar-refractivity contribution in [3.05, 3.63) is 59.9 Å². The lowest BCUT2D eigenvalue weighted by molar-refractivity contribution is -0.121. The van der Waals surface area contributed by atoms with Crippen LogP contribution >= 0.6 is 0 Å². The minimum atomic E-state index is -0.916. The van der Waals surface area contributed by atoms with E-state index in [1.54, 1.807) is 18.5 Å². The van der Waals surface area contributed by atoms with Crippen molar-refractivity contribution >= 4 is 11.6 Å². The number of benzene rings is 1. The van der Waals surface area contributed by atoms with Crippen molar-refractivity contribution in [3.8, 4) is 0 Å². The first-order valence-electron chi connectivity index (χ1n) is 6.49. The van der Waals surface area contributed by atoms with Crippen LogP contribution in [0.4, 0.5) is 14.5 Å². The van der Waals surface area contributed by atoms with Crippen LogP contribution in [0.25, 0.3) is 0 Å². The lowest BCUT2D eigenvalue weighted by Gasteiger charge is -2.08. The maximum atomic E-state index is 13.0. The Labute approximate surface area is 121 Å². The molecule has 4 nitrogen and oxygen atoms in total. The predicted octanol–water partition coefficient (Wildman–Crippen LogP) is 2.48. The Morgan fingerprint density at radius 2 is 2.05 bits per heavy atom. The van der Waals surface area contributed by atoms with Gasteiger partial charge in [0.05, 0.1) is 0 Å². The summed E-state index contributed by atoms with van der Waals surface area (Å²) in [6.07, 6.45) is 3.58. The van der Waals surface area contributed by atoms with Gasteiger partial charge in [-0.2, -0.15) is 0 Å². The van der Waals surface area contributed by atoms with E-state index < -0.39 is 11.6 Å². The first-order chi connectivity index (χ1) is 10.1. The van der Waals surface area contributed by atoms with Gasteiger partial charge in [0.15, 0.2) is 11.6 Å². The summed E-state index contributed by atoms with van der Waals surface area (Å²) in [4.78, 5) is 15.6. The summed E-state index contributed by atoms with van der Waals surface area (Å²) in [6, 6.07) is 7.19. The van der Waals surface area contributed by atoms with Crippen LogP contribution in [-0.2, 0) is 11.3 Å². The standard InChI is InChI=1S/C15H15F2N3O/c16-13-4-3-12(8-14(13)17)19-7-5-15(21)20-10-11-2-1-6-18-9-11/h1-4,6,8-9,19H,5,7,10H2,(H,20,21). The zero-order valence-corrected chi connectivity index (χ0v) is 11.3. The molecule has 0 unspecified atom stereocenters. The normalized spacial score (nSPS) is 10.2. The van der Waals surface area contributed by atoms with Crippen molar-refractivity contribution in [2.24, 2.45) is 0 Å². The lowest BCUT2D eigenvalue weighted by Crippen LogP contribution is -2.24. The fourth-order valence-electron chi connectivity index (χ4n) is 1.72. The minimum absolute atomic E-state index is 0.131. The Bertz CT molecular complexity index is 605. The van der Waals surface area contributed by atoms with Gasteiger partial charge in [0, 0.05) is 37.6 Å². The van der Waals surface area contributed by atoms with Gasteiger partial charge >= 0.3 is 0 Å². The second-order valence-electron chi connectivity index (χ2n) is 4.44. The molecule has 2 aromatic rings. The monoisotopic (exact) mass is 291 g/mol. The van der Waals surface area contributed by atoms with Crippen molar-refractivity contribution < 1.29 is 13.6 Å². The Morgan fingerprint density at radius 3 is 2.76 bits per heavy atom. The lowest BCUT2D eigenvalue weighted by atomic mass is 10.2. The summed E-state index contributed by atoms with van der Waals surface area (Å²) in [5.74, 6) is -1.94. The zero-order valence-electron chi connectivity index (χ0n) is 11.3. The first kappa shape index (κ1) is 14.9. The highest BCUT2D eigenvalue weighted by atomic mass is 19.2. The van der Waals surface area contributed by atoms with E-state index in [9.17, 15) is 13.6 Å². The fraction of sp³-hybridized carbons (Fsp3) is 0.200. The number of carbonyl (C=O) groups is 1. The van der Waals surface area contributed by atoms with Crippen LogP contribution in [0.5, 0.6) is 0 Å². The van der Waals surface area contributed by atoms with E-state index >= 15 is 0 Å². The molecule has 2 N–H and O–H groups in total. The number of nitrogens with zero attached hydrogens (tertiary/aromatic N) is 1. The fourth-order valence-corrected chi connectivity index (χ4v) is 1.72. The molecular formula is C15H15F2N3O. The summed E-state index contributed by atoms with van der Waals surface area (Å²) >= 11 is 0. The molecule has 110 valence electrons. The molecule has 0 aliphatic heterocycles. The number of anilines is 1. The highest BCUT2D eigenvalue weighted by Crippen LogP contribution is 2.12. The molecule has 0 radical (unpaired) electrons. The van der Waals surface area contributed by atoms with Gasteiger partial charge in [-0.1, -0.05) is 6.07 Å². The van der Waals surface area contributed by atoms with E-state index in [1.807, 2.05) is 6.07 Å². The van der Waals surface area contributed by atoms with Gasteiger partial charge in [-0.3, -0.25) is 9.78 Å². The number of carbonyl (C=O) groups excluding carboxylic acids is 1. The van der Waals surface area contributed by atoms with Crippen LogP contribution in [0.1, 0.15) is 12.0 Å². The topological polar surface area (TPSA) is 54.0 Å². The van der Waals surface area contributed by atoms with Gasteiger partial charge in [-0.25, -0.2) is 8.78 Å². The third-order valence-corrected chi connectivity index (χ3v) is 2.81. The third kappa shape index (κ3) is 4.83. The van der Waals surface area contributed by atoms with Crippen LogP contribution in [-0.4, -0.2) is 17.4 Å². The largest absolute Gasteiger partial charge is 0.384 e. The molecule has 2 rings (SSSR count). The summed E-state index contributed by atoms with van der Waals surface area (Å²) in [5, 5.41) is 5.61. The van der Waals surface area contributed by atoms with E-state index in [0.717, 1.165) is 17.7 Å². The molecule has 6 heteroatoms. The second kappa shape index (κ2) is 7.33. The average Bonchev–Trinajstić information content (AvgIpc) is 2.50. The Balaban J connectivity index is 1.70. The summed E-state index contributed by atoms with van der Waals surface area (Å²) in [6.45, 7) is 0.752. The Morgan fingerprint density at radius 1 is 1.19 bits per heavy atom. The number of aromatic nitrogens is 1. The number of amides is 1. The quantitative estimate of drug-likeness (QED) is 0.859. The van der Waals surface area contributed by atoms with Crippen molar-refractivity contribution in [1.82, 2.24) is 10.3 Å². The van der Waals surface area contributed by atoms with E-state index in [0.29, 0.717) is 18.8 Å². The molecule has 1 heterocycles. The SMILES string of the molecule is O=C(CCNc1ccc(F)c(F)c1)NCc1cccnc1. The van der Waals surface area contributed by atoms with Gasteiger partial charge in [-0.05, 0) is 29.8 Å². The molecule has 0 saturated carbocycles. The zero-order chi connectivity index (χ0) is 15.1. The molecule has 1 aromatic carbocycles. The number of hydrogen-bond acceptors (Lipinski definition) is 3. The van der Waals surface area contributed by atoms with E-state index in [2.05, 4.69) is 15.6 Å². The van der Waals surface area contributed by atoms with Gasteiger partial charge < -0.3 is 10.6 Å². The summed E-state index contributed by atoms with van der Waals surface area (Å²) in [7, 11) is 0. The molecule has 1 aromatic heterocycles. The maximum Gasteiger partial charge on any atom is 0.222 e. The molecule has 0 atom stereocenters. The molecule has 0 bridgehead atoms. The molecule has 1 amide bonds. The smallest absolute Gasteiger partial charge is 0.222 e. The van der Waals surface area contributed by atoms with Crippen molar-refractivity contribution in [2.75, 3.05) is 11.9 Å². The second-order valence-corrected chi connectivity index (χ2v) is 4.44. The minimum Gasteiger partial charge on any atom is -0.384 e. The third-order valence-electron chi connectivity index (χ3n) is 2.81. The molecule has 0 fully saturated rings. The molecule has 0 aliphatic carbocycles. The first-order valence-corrected chi connectivity index (χ1v) is 6.49. The van der Waals surface area contributed by atoms with Crippen LogP contribution < -0.4 is 10.6 Å². The molecule has 0 spiro atoms. The summed E-state index contributed by atoms with van der Waals surface area (Å²) in [5.41, 5.74) is 1.35. The Hall–Kier alpha value is -2.50. The predicted molar refractivity (Wildman–Crippen MR) is 75.5 cm³/mol. The number of hydrogen-bond donors (Lipinski definition) is 2. The Kier molecular flexibility index (Phi) is 5.20. The summed E-state index contributed by atoms with van der Waals surface area (Å²) < 4.78 is 25.7. The number of halogens is 2. The van der Waals surface area contributed by atoms with Gasteiger partial charge in [-0.15, -0.1) is 0 Å². The highest BCUT2D eigenvalue weighted by molar-refractivity contribution is 5.76. The molecule has 0 aliphatic rings.